The van der Waals surface area contributed by atoms with E-state index in [4.69, 9.17) is 16.7 Å². The first-order chi connectivity index (χ1) is 11.5. The van der Waals surface area contributed by atoms with E-state index in [1.165, 1.54) is 6.07 Å². The Labute approximate surface area is 146 Å². The van der Waals surface area contributed by atoms with Gasteiger partial charge in [-0.05, 0) is 24.3 Å². The molecule has 3 N–H and O–H groups in total. The van der Waals surface area contributed by atoms with Crippen LogP contribution in [0.2, 0.25) is 5.02 Å². The summed E-state index contributed by atoms with van der Waals surface area (Å²) in [6.45, 7) is 0. The molecule has 6 nitrogen and oxygen atoms in total. The Balaban J connectivity index is 2.01. The molecule has 3 aromatic rings. The third-order valence-corrected chi connectivity index (χ3v) is 4.32. The van der Waals surface area contributed by atoms with E-state index in [-0.39, 0.29) is 17.5 Å². The molecule has 0 aliphatic rings. The van der Waals surface area contributed by atoms with Gasteiger partial charge in [0.1, 0.15) is 10.8 Å². The van der Waals surface area contributed by atoms with Crippen LogP contribution in [0.4, 0.5) is 11.6 Å². The smallest absolute Gasteiger partial charge is 0.313 e. The number of aromatic hydroxyl groups is 1. The quantitative estimate of drug-likeness (QED) is 0.360. The molecule has 0 aliphatic carbocycles. The normalized spacial score (nSPS) is 10.7. The predicted molar refractivity (Wildman–Crippen MR) is 94.3 cm³/mol. The summed E-state index contributed by atoms with van der Waals surface area (Å²) >= 11 is 7.04. The summed E-state index contributed by atoms with van der Waals surface area (Å²) in [4.78, 5) is 19.6. The molecule has 122 valence electrons. The summed E-state index contributed by atoms with van der Waals surface area (Å²) in [6.07, 6.45) is 0. The molecule has 0 aliphatic heterocycles. The molecular formula is C16H12ClN3O3S. The number of carboxylic acid groups (broad SMARTS) is 1. The van der Waals surface area contributed by atoms with E-state index >= 15 is 0 Å². The number of phenolic OH excluding ortho intramolecular Hbond substituents is 1. The van der Waals surface area contributed by atoms with Gasteiger partial charge in [0.05, 0.1) is 17.0 Å². The number of aromatic nitrogens is 2. The number of carboxylic acids is 1. The van der Waals surface area contributed by atoms with Gasteiger partial charge in [-0.2, -0.15) is 0 Å². The highest BCUT2D eigenvalue weighted by Crippen LogP contribution is 2.31. The number of hydrogen-bond acceptors (Lipinski definition) is 6. The molecule has 0 radical (unpaired) electrons. The molecule has 0 spiro atoms. The molecular weight excluding hydrogens is 350 g/mol. The van der Waals surface area contributed by atoms with Gasteiger partial charge in [-0.25, -0.2) is 9.97 Å². The van der Waals surface area contributed by atoms with Crippen LogP contribution in [0.3, 0.4) is 0 Å². The van der Waals surface area contributed by atoms with E-state index in [1.54, 1.807) is 12.1 Å². The Morgan fingerprint density at radius 3 is 2.79 bits per heavy atom. The number of aliphatic carboxylic acids is 1. The number of nitrogens with one attached hydrogen (secondary N) is 1. The number of halogens is 1. The van der Waals surface area contributed by atoms with Crippen molar-refractivity contribution >= 4 is 51.9 Å². The van der Waals surface area contributed by atoms with E-state index in [1.807, 2.05) is 24.3 Å². The maximum absolute atomic E-state index is 10.8. The Hall–Kier alpha value is -2.51. The highest BCUT2D eigenvalue weighted by atomic mass is 35.5. The standard InChI is InChI=1S/C16H12ClN3O3S/c17-9-5-6-13(21)12(7-9)19-16-18-11-4-2-1-3-10(11)15(20-16)24-8-14(22)23/h1-7,21H,8H2,(H,22,23)(H,18,19,20). The zero-order chi connectivity index (χ0) is 17.1. The van der Waals surface area contributed by atoms with Crippen LogP contribution >= 0.6 is 23.4 Å². The van der Waals surface area contributed by atoms with Gasteiger partial charge in [0.2, 0.25) is 5.95 Å². The second-order valence-corrected chi connectivity index (χ2v) is 6.24. The van der Waals surface area contributed by atoms with Gasteiger partial charge in [-0.15, -0.1) is 0 Å². The SMILES string of the molecule is O=C(O)CSc1nc(Nc2cc(Cl)ccc2O)nc2ccccc12. The molecule has 0 saturated heterocycles. The third-order valence-electron chi connectivity index (χ3n) is 3.11. The maximum atomic E-state index is 10.8. The van der Waals surface area contributed by atoms with Gasteiger partial charge < -0.3 is 15.5 Å². The van der Waals surface area contributed by atoms with E-state index in [9.17, 15) is 9.90 Å². The lowest BCUT2D eigenvalue weighted by atomic mass is 10.2. The van der Waals surface area contributed by atoms with Crippen molar-refractivity contribution in [1.82, 2.24) is 9.97 Å². The summed E-state index contributed by atoms with van der Waals surface area (Å²) in [5.74, 6) is -0.775. The molecule has 1 aromatic heterocycles. The number of phenols is 1. The number of hydrogen-bond donors (Lipinski definition) is 3. The summed E-state index contributed by atoms with van der Waals surface area (Å²) < 4.78 is 0. The summed E-state index contributed by atoms with van der Waals surface area (Å²) in [7, 11) is 0. The number of anilines is 2. The molecule has 0 atom stereocenters. The van der Waals surface area contributed by atoms with Crippen molar-refractivity contribution in [2.24, 2.45) is 0 Å². The van der Waals surface area contributed by atoms with Crippen molar-refractivity contribution in [3.8, 4) is 5.75 Å². The molecule has 1 heterocycles. The van der Waals surface area contributed by atoms with Gasteiger partial charge in [0.15, 0.2) is 0 Å². The summed E-state index contributed by atoms with van der Waals surface area (Å²) in [5, 5.41) is 23.5. The lowest BCUT2D eigenvalue weighted by molar-refractivity contribution is -0.133. The van der Waals surface area contributed by atoms with Crippen molar-refractivity contribution in [3.63, 3.8) is 0 Å². The van der Waals surface area contributed by atoms with Crippen LogP contribution in [0.25, 0.3) is 10.9 Å². The maximum Gasteiger partial charge on any atom is 0.313 e. The highest BCUT2D eigenvalue weighted by Gasteiger charge is 2.11. The van der Waals surface area contributed by atoms with E-state index in [2.05, 4.69) is 15.3 Å². The molecule has 0 saturated carbocycles. The van der Waals surface area contributed by atoms with Crippen LogP contribution in [-0.2, 0) is 4.79 Å². The largest absolute Gasteiger partial charge is 0.506 e. The van der Waals surface area contributed by atoms with Crippen LogP contribution < -0.4 is 5.32 Å². The van der Waals surface area contributed by atoms with Crippen LogP contribution in [0, 0.1) is 0 Å². The van der Waals surface area contributed by atoms with Gasteiger partial charge in [-0.3, -0.25) is 4.79 Å². The number of benzene rings is 2. The Morgan fingerprint density at radius 1 is 1.21 bits per heavy atom. The molecule has 8 heteroatoms. The lowest BCUT2D eigenvalue weighted by Gasteiger charge is -2.10. The molecule has 0 amide bonds. The van der Waals surface area contributed by atoms with Gasteiger partial charge >= 0.3 is 5.97 Å². The first kappa shape index (κ1) is 16.4. The van der Waals surface area contributed by atoms with Crippen molar-refractivity contribution in [3.05, 3.63) is 47.5 Å². The summed E-state index contributed by atoms with van der Waals surface area (Å²) in [6, 6.07) is 11.9. The first-order valence-electron chi connectivity index (χ1n) is 6.90. The second-order valence-electron chi connectivity index (χ2n) is 4.84. The van der Waals surface area contributed by atoms with Crippen LogP contribution in [0.1, 0.15) is 0 Å². The fourth-order valence-corrected chi connectivity index (χ4v) is 2.98. The number of carbonyl (C=O) groups is 1. The molecule has 3 rings (SSSR count). The summed E-state index contributed by atoms with van der Waals surface area (Å²) in [5.41, 5.74) is 1.04. The van der Waals surface area contributed by atoms with E-state index in [0.29, 0.717) is 21.3 Å². The molecule has 0 unspecified atom stereocenters. The van der Waals surface area contributed by atoms with E-state index < -0.39 is 5.97 Å². The van der Waals surface area contributed by atoms with Gasteiger partial charge in [-0.1, -0.05) is 41.6 Å². The first-order valence-corrected chi connectivity index (χ1v) is 8.26. The molecule has 0 bridgehead atoms. The zero-order valence-electron chi connectivity index (χ0n) is 12.2. The Morgan fingerprint density at radius 2 is 2.00 bits per heavy atom. The number of thioether (sulfide) groups is 1. The highest BCUT2D eigenvalue weighted by molar-refractivity contribution is 8.00. The van der Waals surface area contributed by atoms with Crippen molar-refractivity contribution < 1.29 is 15.0 Å². The van der Waals surface area contributed by atoms with Crippen molar-refractivity contribution in [2.45, 2.75) is 5.03 Å². The number of nitrogens with zero attached hydrogens (tertiary/aromatic N) is 2. The van der Waals surface area contributed by atoms with Gasteiger partial charge in [0, 0.05) is 10.4 Å². The van der Waals surface area contributed by atoms with Crippen LogP contribution in [0.5, 0.6) is 5.75 Å². The molecule has 0 fully saturated rings. The fourth-order valence-electron chi connectivity index (χ4n) is 2.07. The predicted octanol–water partition coefficient (Wildman–Crippen LogP) is 3.91. The number of fused-ring (bicyclic) bond motifs is 1. The average molecular weight is 362 g/mol. The third kappa shape index (κ3) is 3.69. The molecule has 24 heavy (non-hydrogen) atoms. The fraction of sp³-hybridized carbons (Fsp3) is 0.0625. The van der Waals surface area contributed by atoms with Crippen molar-refractivity contribution in [1.29, 1.82) is 0 Å². The minimum Gasteiger partial charge on any atom is -0.506 e. The number of rotatable bonds is 5. The Bertz CT molecular complexity index is 920. The van der Waals surface area contributed by atoms with Crippen LogP contribution in [-0.4, -0.2) is 31.9 Å². The van der Waals surface area contributed by atoms with Crippen molar-refractivity contribution in [2.75, 3.05) is 11.1 Å². The van der Waals surface area contributed by atoms with Crippen LogP contribution in [0.15, 0.2) is 47.5 Å². The topological polar surface area (TPSA) is 95.3 Å². The molecule has 2 aromatic carbocycles. The lowest BCUT2D eigenvalue weighted by Crippen LogP contribution is -2.02. The second kappa shape index (κ2) is 6.94. The Kier molecular flexibility index (Phi) is 4.73. The van der Waals surface area contributed by atoms with Gasteiger partial charge in [0.25, 0.3) is 0 Å². The average Bonchev–Trinajstić information content (AvgIpc) is 2.56. The monoisotopic (exact) mass is 361 g/mol. The zero-order valence-corrected chi connectivity index (χ0v) is 13.8. The minimum atomic E-state index is -0.926. The minimum absolute atomic E-state index is 0.0101. The van der Waals surface area contributed by atoms with E-state index in [0.717, 1.165) is 17.1 Å². The number of para-hydroxylation sites is 1.